The number of nitrogens with two attached hydrogens (primary N) is 1. The van der Waals surface area contributed by atoms with Crippen molar-refractivity contribution in [2.24, 2.45) is 0 Å². The van der Waals surface area contributed by atoms with Gasteiger partial charge in [-0.1, -0.05) is 22.0 Å². The third-order valence-corrected chi connectivity index (χ3v) is 3.89. The first-order valence-electron chi connectivity index (χ1n) is 6.63. The predicted octanol–water partition coefficient (Wildman–Crippen LogP) is 4.99. The van der Waals surface area contributed by atoms with Crippen LogP contribution in [0.25, 0.3) is 10.8 Å². The van der Waals surface area contributed by atoms with Crippen LogP contribution in [0.3, 0.4) is 0 Å². The van der Waals surface area contributed by atoms with Gasteiger partial charge >= 0.3 is 0 Å². The van der Waals surface area contributed by atoms with Crippen LogP contribution in [-0.2, 0) is 0 Å². The Bertz CT molecular complexity index is 830. The van der Waals surface area contributed by atoms with Crippen molar-refractivity contribution < 1.29 is 4.74 Å². The molecule has 4 heteroatoms. The molecule has 0 unspecified atom stereocenters. The van der Waals surface area contributed by atoms with Crippen LogP contribution in [-0.4, -0.2) is 4.98 Å². The molecule has 0 aliphatic rings. The Morgan fingerprint density at radius 3 is 2.62 bits per heavy atom. The monoisotopic (exact) mass is 342 g/mol. The summed E-state index contributed by atoms with van der Waals surface area (Å²) in [5.74, 6) is 1.61. The van der Waals surface area contributed by atoms with E-state index in [-0.39, 0.29) is 0 Å². The SMILES string of the molecule is Cc1cc2c(Oc3cc(Br)ccc3C)ccc(N)c2cn1. The van der Waals surface area contributed by atoms with Crippen LogP contribution in [0.1, 0.15) is 11.3 Å². The van der Waals surface area contributed by atoms with Gasteiger partial charge in [0.25, 0.3) is 0 Å². The number of anilines is 1. The summed E-state index contributed by atoms with van der Waals surface area (Å²) in [4.78, 5) is 4.30. The third-order valence-electron chi connectivity index (χ3n) is 3.40. The van der Waals surface area contributed by atoms with E-state index in [0.717, 1.165) is 38.0 Å². The van der Waals surface area contributed by atoms with Gasteiger partial charge in [0, 0.05) is 32.8 Å². The number of benzene rings is 2. The van der Waals surface area contributed by atoms with Crippen LogP contribution in [0.4, 0.5) is 5.69 Å². The van der Waals surface area contributed by atoms with E-state index in [4.69, 9.17) is 10.5 Å². The molecule has 0 atom stereocenters. The summed E-state index contributed by atoms with van der Waals surface area (Å²) >= 11 is 3.47. The lowest BCUT2D eigenvalue weighted by Gasteiger charge is -2.13. The van der Waals surface area contributed by atoms with Crippen molar-refractivity contribution in [1.29, 1.82) is 0 Å². The Balaban J connectivity index is 2.14. The van der Waals surface area contributed by atoms with E-state index < -0.39 is 0 Å². The summed E-state index contributed by atoms with van der Waals surface area (Å²) < 4.78 is 7.09. The average molecular weight is 343 g/mol. The molecule has 3 aromatic rings. The van der Waals surface area contributed by atoms with Gasteiger partial charge in [0.05, 0.1) is 0 Å². The number of hydrogen-bond donors (Lipinski definition) is 1. The fraction of sp³-hybridized carbons (Fsp3) is 0.118. The van der Waals surface area contributed by atoms with E-state index in [0.29, 0.717) is 5.69 Å². The molecule has 0 saturated heterocycles. The van der Waals surface area contributed by atoms with Gasteiger partial charge in [-0.3, -0.25) is 4.98 Å². The van der Waals surface area contributed by atoms with Gasteiger partial charge in [-0.15, -0.1) is 0 Å². The van der Waals surface area contributed by atoms with Crippen LogP contribution in [0.2, 0.25) is 0 Å². The Labute approximate surface area is 131 Å². The summed E-state index contributed by atoms with van der Waals surface area (Å²) in [6.45, 7) is 3.98. The van der Waals surface area contributed by atoms with Crippen molar-refractivity contribution in [2.75, 3.05) is 5.73 Å². The number of halogens is 1. The molecule has 0 aliphatic carbocycles. The van der Waals surface area contributed by atoms with E-state index in [1.807, 2.05) is 50.2 Å². The number of pyridine rings is 1. The van der Waals surface area contributed by atoms with Crippen LogP contribution >= 0.6 is 15.9 Å². The lowest BCUT2D eigenvalue weighted by atomic mass is 10.1. The van der Waals surface area contributed by atoms with Gasteiger partial charge in [-0.25, -0.2) is 0 Å². The molecule has 2 N–H and O–H groups in total. The Morgan fingerprint density at radius 1 is 1.00 bits per heavy atom. The summed E-state index contributed by atoms with van der Waals surface area (Å²) in [6, 6.07) is 11.7. The normalized spacial score (nSPS) is 10.8. The van der Waals surface area contributed by atoms with E-state index in [1.165, 1.54) is 0 Å². The summed E-state index contributed by atoms with van der Waals surface area (Å²) in [7, 11) is 0. The molecule has 0 aliphatic heterocycles. The van der Waals surface area contributed by atoms with Crippen molar-refractivity contribution in [1.82, 2.24) is 4.98 Å². The molecule has 21 heavy (non-hydrogen) atoms. The molecule has 106 valence electrons. The first-order valence-corrected chi connectivity index (χ1v) is 7.43. The molecule has 1 heterocycles. The zero-order chi connectivity index (χ0) is 15.0. The lowest BCUT2D eigenvalue weighted by Crippen LogP contribution is -1.94. The maximum atomic E-state index is 6.10. The summed E-state index contributed by atoms with van der Waals surface area (Å²) in [5.41, 5.74) is 8.74. The number of nitrogens with zero attached hydrogens (tertiary/aromatic N) is 1. The van der Waals surface area contributed by atoms with E-state index in [9.17, 15) is 0 Å². The standard InChI is InChI=1S/C17H15BrN2O/c1-10-3-4-12(18)8-17(10)21-16-6-5-15(19)14-9-20-11(2)7-13(14)16/h3-9H,19H2,1-2H3. The van der Waals surface area contributed by atoms with Crippen molar-refractivity contribution in [3.05, 3.63) is 58.3 Å². The fourth-order valence-corrected chi connectivity index (χ4v) is 2.57. The van der Waals surface area contributed by atoms with Crippen LogP contribution in [0.15, 0.2) is 47.1 Å². The summed E-state index contributed by atoms with van der Waals surface area (Å²) in [5, 5.41) is 1.88. The Hall–Kier alpha value is -2.07. The number of ether oxygens (including phenoxy) is 1. The zero-order valence-corrected chi connectivity index (χ0v) is 13.4. The topological polar surface area (TPSA) is 48.1 Å². The molecule has 3 rings (SSSR count). The third kappa shape index (κ3) is 2.72. The lowest BCUT2D eigenvalue weighted by molar-refractivity contribution is 0.484. The molecule has 0 bridgehead atoms. The Kier molecular flexibility index (Phi) is 3.55. The van der Waals surface area contributed by atoms with Gasteiger partial charge in [0.1, 0.15) is 11.5 Å². The minimum absolute atomic E-state index is 0.704. The second-order valence-corrected chi connectivity index (χ2v) is 5.95. The quantitative estimate of drug-likeness (QED) is 0.667. The molecular formula is C17H15BrN2O. The first-order chi connectivity index (χ1) is 10.0. The maximum Gasteiger partial charge on any atom is 0.135 e. The summed E-state index contributed by atoms with van der Waals surface area (Å²) in [6.07, 6.45) is 1.79. The zero-order valence-electron chi connectivity index (χ0n) is 11.9. The number of hydrogen-bond acceptors (Lipinski definition) is 3. The number of aryl methyl sites for hydroxylation is 2. The maximum absolute atomic E-state index is 6.10. The van der Waals surface area contributed by atoms with Crippen molar-refractivity contribution >= 4 is 32.4 Å². The molecule has 0 amide bonds. The highest BCUT2D eigenvalue weighted by atomic mass is 79.9. The van der Waals surface area contributed by atoms with Gasteiger partial charge in [0.2, 0.25) is 0 Å². The minimum Gasteiger partial charge on any atom is -0.456 e. The van der Waals surface area contributed by atoms with Gasteiger partial charge in [-0.2, -0.15) is 0 Å². The van der Waals surface area contributed by atoms with E-state index in [1.54, 1.807) is 6.20 Å². The molecule has 0 spiro atoms. The molecule has 2 aromatic carbocycles. The molecule has 3 nitrogen and oxygen atoms in total. The number of aromatic nitrogens is 1. The number of nitrogen functional groups attached to an aromatic ring is 1. The second-order valence-electron chi connectivity index (χ2n) is 5.04. The van der Waals surface area contributed by atoms with E-state index in [2.05, 4.69) is 20.9 Å². The molecule has 0 fully saturated rings. The Morgan fingerprint density at radius 2 is 1.81 bits per heavy atom. The molecule has 0 radical (unpaired) electrons. The minimum atomic E-state index is 0.704. The predicted molar refractivity (Wildman–Crippen MR) is 89.8 cm³/mol. The highest BCUT2D eigenvalue weighted by molar-refractivity contribution is 9.10. The molecule has 1 aromatic heterocycles. The molecular weight excluding hydrogens is 328 g/mol. The highest BCUT2D eigenvalue weighted by Crippen LogP contribution is 2.35. The highest BCUT2D eigenvalue weighted by Gasteiger charge is 2.09. The fourth-order valence-electron chi connectivity index (χ4n) is 2.23. The second kappa shape index (κ2) is 5.37. The number of fused-ring (bicyclic) bond motifs is 1. The van der Waals surface area contributed by atoms with Crippen molar-refractivity contribution in [2.45, 2.75) is 13.8 Å². The van der Waals surface area contributed by atoms with Gasteiger partial charge in [0.15, 0.2) is 0 Å². The van der Waals surface area contributed by atoms with Crippen LogP contribution in [0.5, 0.6) is 11.5 Å². The first kappa shape index (κ1) is 13.9. The molecule has 0 saturated carbocycles. The van der Waals surface area contributed by atoms with Crippen LogP contribution < -0.4 is 10.5 Å². The van der Waals surface area contributed by atoms with Gasteiger partial charge < -0.3 is 10.5 Å². The number of rotatable bonds is 2. The van der Waals surface area contributed by atoms with Crippen molar-refractivity contribution in [3.8, 4) is 11.5 Å². The van der Waals surface area contributed by atoms with E-state index >= 15 is 0 Å². The van der Waals surface area contributed by atoms with Gasteiger partial charge in [-0.05, 0) is 49.7 Å². The largest absolute Gasteiger partial charge is 0.456 e. The van der Waals surface area contributed by atoms with Crippen molar-refractivity contribution in [3.63, 3.8) is 0 Å². The van der Waals surface area contributed by atoms with Crippen LogP contribution in [0, 0.1) is 13.8 Å². The average Bonchev–Trinajstić information content (AvgIpc) is 2.46. The smallest absolute Gasteiger partial charge is 0.135 e.